The van der Waals surface area contributed by atoms with Crippen molar-refractivity contribution in [1.29, 1.82) is 5.26 Å². The molecule has 186 valence electrons. The summed E-state index contributed by atoms with van der Waals surface area (Å²) < 4.78 is 40.5. The molecule has 2 aromatic carbocycles. The normalized spacial score (nSPS) is 19.6. The van der Waals surface area contributed by atoms with Crippen molar-refractivity contribution >= 4 is 28.4 Å². The van der Waals surface area contributed by atoms with Gasteiger partial charge in [-0.25, -0.2) is 0 Å². The Balaban J connectivity index is 1.35. The maximum absolute atomic E-state index is 13.5. The number of carbonyl (C=O) groups excluding carboxylic acids is 2. The fourth-order valence-corrected chi connectivity index (χ4v) is 5.65. The van der Waals surface area contributed by atoms with Crippen LogP contribution in [0.2, 0.25) is 0 Å². The Morgan fingerprint density at radius 1 is 1.11 bits per heavy atom. The zero-order chi connectivity index (χ0) is 25.7. The number of alkyl halides is 3. The number of rotatable bonds is 3. The third-order valence-corrected chi connectivity index (χ3v) is 7.63. The Morgan fingerprint density at radius 2 is 1.86 bits per heavy atom. The van der Waals surface area contributed by atoms with Gasteiger partial charge in [0.2, 0.25) is 5.91 Å². The number of nitrogens with zero attached hydrogens (tertiary/aromatic N) is 3. The summed E-state index contributed by atoms with van der Waals surface area (Å²) in [7, 11) is 0. The van der Waals surface area contributed by atoms with E-state index in [0.717, 1.165) is 23.0 Å². The number of nitriles is 1. The van der Waals surface area contributed by atoms with E-state index in [1.807, 2.05) is 24.4 Å². The fourth-order valence-electron chi connectivity index (χ4n) is 5.65. The summed E-state index contributed by atoms with van der Waals surface area (Å²) in [6.45, 7) is 1.38. The highest BCUT2D eigenvalue weighted by atomic mass is 19.4. The number of aromatic nitrogens is 1. The molecule has 7 nitrogen and oxygen atoms in total. The molecular formula is C26H24F3N5O2. The van der Waals surface area contributed by atoms with Crippen LogP contribution in [0.1, 0.15) is 34.3 Å². The minimum atomic E-state index is -4.67. The number of carbonyl (C=O) groups is 2. The lowest BCUT2D eigenvalue weighted by molar-refractivity contribution is -0.137. The Bertz CT molecular complexity index is 1380. The third-order valence-electron chi connectivity index (χ3n) is 7.63. The van der Waals surface area contributed by atoms with Gasteiger partial charge in [0.25, 0.3) is 5.91 Å². The molecule has 0 radical (unpaired) electrons. The van der Waals surface area contributed by atoms with Crippen LogP contribution in [0, 0.1) is 22.7 Å². The van der Waals surface area contributed by atoms with Gasteiger partial charge >= 0.3 is 6.18 Å². The van der Waals surface area contributed by atoms with E-state index in [2.05, 4.69) is 4.98 Å². The average molecular weight is 496 g/mol. The van der Waals surface area contributed by atoms with E-state index >= 15 is 0 Å². The van der Waals surface area contributed by atoms with Gasteiger partial charge in [0, 0.05) is 59.9 Å². The zero-order valence-electron chi connectivity index (χ0n) is 19.3. The summed E-state index contributed by atoms with van der Waals surface area (Å²) in [5, 5.41) is 10.0. The summed E-state index contributed by atoms with van der Waals surface area (Å²) in [5.74, 6) is -1.16. The van der Waals surface area contributed by atoms with E-state index in [1.165, 1.54) is 6.07 Å². The molecule has 3 N–H and O–H groups in total. The number of benzene rings is 2. The molecule has 3 aromatic rings. The SMILES string of the molecule is N#Cc1ccc(N2CC(C(N)=O)C3(CCN(C(=O)c4ccc5[nH]ccc5c4)CC3)C2)cc1C(F)(F)F. The van der Waals surface area contributed by atoms with Crippen molar-refractivity contribution < 1.29 is 22.8 Å². The standard InChI is InChI=1S/C26H24F3N5O2/c27-26(28,29)20-12-19(3-1-18(20)13-30)34-14-21(23(31)35)25(15-34)6-9-33(10-7-25)24(36)17-2-4-22-16(11-17)5-8-32-22/h1-5,8,11-12,21,32H,6-7,9-10,14-15H2,(H2,31,35). The maximum Gasteiger partial charge on any atom is 0.417 e. The van der Waals surface area contributed by atoms with Gasteiger partial charge in [-0.1, -0.05) is 0 Å². The number of hydrogen-bond acceptors (Lipinski definition) is 4. The van der Waals surface area contributed by atoms with E-state index < -0.39 is 34.5 Å². The van der Waals surface area contributed by atoms with Gasteiger partial charge in [-0.3, -0.25) is 9.59 Å². The Labute approximate surface area is 205 Å². The van der Waals surface area contributed by atoms with E-state index in [1.54, 1.807) is 21.9 Å². The van der Waals surface area contributed by atoms with Gasteiger partial charge in [0.05, 0.1) is 23.1 Å². The van der Waals surface area contributed by atoms with Crippen LogP contribution in [0.4, 0.5) is 18.9 Å². The number of H-pyrrole nitrogens is 1. The van der Waals surface area contributed by atoms with Crippen molar-refractivity contribution in [1.82, 2.24) is 9.88 Å². The Hall–Kier alpha value is -4.00. The molecule has 3 heterocycles. The van der Waals surface area contributed by atoms with Crippen molar-refractivity contribution in [3.05, 3.63) is 65.4 Å². The van der Waals surface area contributed by atoms with Crippen molar-refractivity contribution in [2.75, 3.05) is 31.1 Å². The zero-order valence-corrected chi connectivity index (χ0v) is 19.3. The highest BCUT2D eigenvalue weighted by molar-refractivity contribution is 5.98. The molecule has 0 aliphatic carbocycles. The van der Waals surface area contributed by atoms with Crippen LogP contribution in [0.3, 0.4) is 0 Å². The monoisotopic (exact) mass is 495 g/mol. The van der Waals surface area contributed by atoms with Gasteiger partial charge in [0.15, 0.2) is 0 Å². The first kappa shape index (κ1) is 23.7. The minimum absolute atomic E-state index is 0.0969. The number of nitrogens with two attached hydrogens (primary N) is 1. The predicted molar refractivity (Wildman–Crippen MR) is 127 cm³/mol. The molecule has 2 fully saturated rings. The number of aromatic amines is 1. The summed E-state index contributed by atoms with van der Waals surface area (Å²) in [6, 6.07) is 12.6. The van der Waals surface area contributed by atoms with Gasteiger partial charge in [-0.2, -0.15) is 18.4 Å². The number of anilines is 1. The molecule has 2 amide bonds. The molecule has 0 saturated carbocycles. The number of primary amides is 1. The summed E-state index contributed by atoms with van der Waals surface area (Å²) in [6.07, 6.45) is -1.84. The van der Waals surface area contributed by atoms with Crippen LogP contribution >= 0.6 is 0 Å². The lowest BCUT2D eigenvalue weighted by Gasteiger charge is -2.41. The van der Waals surface area contributed by atoms with Gasteiger partial charge < -0.3 is 20.5 Å². The highest BCUT2D eigenvalue weighted by Gasteiger charge is 2.51. The number of piperidine rings is 1. The lowest BCUT2D eigenvalue weighted by Crippen LogP contribution is -2.49. The van der Waals surface area contributed by atoms with Crippen molar-refractivity contribution in [2.24, 2.45) is 17.1 Å². The van der Waals surface area contributed by atoms with Gasteiger partial charge in [-0.05, 0) is 55.3 Å². The molecule has 1 spiro atoms. The number of hydrogen-bond donors (Lipinski definition) is 2. The molecule has 0 bridgehead atoms. The van der Waals surface area contributed by atoms with Crippen LogP contribution in [-0.4, -0.2) is 47.9 Å². The molecule has 2 saturated heterocycles. The minimum Gasteiger partial charge on any atom is -0.370 e. The van der Waals surface area contributed by atoms with Crippen molar-refractivity contribution in [3.8, 4) is 6.07 Å². The lowest BCUT2D eigenvalue weighted by atomic mass is 9.70. The average Bonchev–Trinajstić information content (AvgIpc) is 3.48. The molecule has 1 atom stereocenters. The van der Waals surface area contributed by atoms with Crippen molar-refractivity contribution in [3.63, 3.8) is 0 Å². The molecule has 1 unspecified atom stereocenters. The van der Waals surface area contributed by atoms with E-state index in [4.69, 9.17) is 11.0 Å². The summed E-state index contributed by atoms with van der Waals surface area (Å²) in [5.41, 5.74) is 5.57. The Morgan fingerprint density at radius 3 is 2.53 bits per heavy atom. The van der Waals surface area contributed by atoms with Gasteiger partial charge in [-0.15, -0.1) is 0 Å². The van der Waals surface area contributed by atoms with Crippen LogP contribution in [-0.2, 0) is 11.0 Å². The quantitative estimate of drug-likeness (QED) is 0.575. The molecule has 36 heavy (non-hydrogen) atoms. The molecule has 5 rings (SSSR count). The van der Waals surface area contributed by atoms with E-state index in [9.17, 15) is 22.8 Å². The van der Waals surface area contributed by atoms with E-state index in [0.29, 0.717) is 43.7 Å². The largest absolute Gasteiger partial charge is 0.417 e. The molecule has 2 aliphatic heterocycles. The number of nitrogens with one attached hydrogen (secondary N) is 1. The number of amides is 2. The third kappa shape index (κ3) is 4.04. The molecule has 10 heteroatoms. The second-order valence-corrected chi connectivity index (χ2v) is 9.61. The van der Waals surface area contributed by atoms with Crippen LogP contribution in [0.15, 0.2) is 48.7 Å². The van der Waals surface area contributed by atoms with Crippen LogP contribution < -0.4 is 10.6 Å². The van der Waals surface area contributed by atoms with E-state index in [-0.39, 0.29) is 12.5 Å². The van der Waals surface area contributed by atoms with Crippen LogP contribution in [0.25, 0.3) is 10.9 Å². The highest BCUT2D eigenvalue weighted by Crippen LogP contribution is 2.47. The second-order valence-electron chi connectivity index (χ2n) is 9.61. The second kappa shape index (κ2) is 8.59. The fraction of sp³-hybridized carbons (Fsp3) is 0.346. The van der Waals surface area contributed by atoms with Crippen molar-refractivity contribution in [2.45, 2.75) is 19.0 Å². The summed E-state index contributed by atoms with van der Waals surface area (Å²) in [4.78, 5) is 32.1. The first-order chi connectivity index (χ1) is 17.1. The molecule has 1 aromatic heterocycles. The molecular weight excluding hydrogens is 471 g/mol. The van der Waals surface area contributed by atoms with Crippen LogP contribution in [0.5, 0.6) is 0 Å². The maximum atomic E-state index is 13.5. The number of halogens is 3. The topological polar surface area (TPSA) is 106 Å². The number of likely N-dealkylation sites (tertiary alicyclic amines) is 1. The van der Waals surface area contributed by atoms with Gasteiger partial charge in [0.1, 0.15) is 0 Å². The molecule has 2 aliphatic rings. The predicted octanol–water partition coefficient (Wildman–Crippen LogP) is 3.90. The summed E-state index contributed by atoms with van der Waals surface area (Å²) >= 11 is 0. The number of fused-ring (bicyclic) bond motifs is 1. The first-order valence-corrected chi connectivity index (χ1v) is 11.6. The first-order valence-electron chi connectivity index (χ1n) is 11.6. The Kier molecular flexibility index (Phi) is 5.66. The smallest absolute Gasteiger partial charge is 0.370 e.